The van der Waals surface area contributed by atoms with Gasteiger partial charge < -0.3 is 4.89 Å². The summed E-state index contributed by atoms with van der Waals surface area (Å²) in [4.78, 5) is 9.07. The molecular formula is C6H18AlO2P. The molecule has 0 aromatic heterocycles. The minimum atomic E-state index is -2.69. The molecule has 0 bridgehead atoms. The molecule has 0 aromatic rings. The summed E-state index contributed by atoms with van der Waals surface area (Å²) in [7, 11) is -2.69. The molecule has 0 unspecified atom stereocenters. The maximum atomic E-state index is 11.0. The number of hydrogen-bond donors (Lipinski definition) is 1. The zero-order valence-electron chi connectivity index (χ0n) is 6.13. The zero-order valence-corrected chi connectivity index (χ0v) is 7.03. The number of hydrogen-bond acceptors (Lipinski definition) is 1. The van der Waals surface area contributed by atoms with E-state index in [-0.39, 0.29) is 17.4 Å². The van der Waals surface area contributed by atoms with Crippen molar-refractivity contribution in [1.82, 2.24) is 0 Å². The van der Waals surface area contributed by atoms with E-state index in [1.165, 1.54) is 0 Å². The van der Waals surface area contributed by atoms with Gasteiger partial charge in [0, 0.05) is 12.3 Å². The van der Waals surface area contributed by atoms with Crippen molar-refractivity contribution in [3.63, 3.8) is 0 Å². The minimum absolute atomic E-state index is 0. The molecule has 0 amide bonds. The maximum Gasteiger partial charge on any atom is 0.200 e. The summed E-state index contributed by atoms with van der Waals surface area (Å²) < 4.78 is 11.0. The van der Waals surface area contributed by atoms with E-state index in [9.17, 15) is 4.57 Å². The summed E-state index contributed by atoms with van der Waals surface area (Å²) in [6.45, 7) is 3.86. The Labute approximate surface area is 73.6 Å². The van der Waals surface area contributed by atoms with Gasteiger partial charge in [-0.2, -0.15) is 0 Å². The molecule has 0 rings (SSSR count). The molecule has 1 N–H and O–H groups in total. The normalized spacial score (nSPS) is 10.7. The SMILES string of the molecule is CCCP(=O)(O)CCC.[AlH3]. The second kappa shape index (κ2) is 6.43. The molecule has 2 nitrogen and oxygen atoms in total. The smallest absolute Gasteiger partial charge is 0.200 e. The van der Waals surface area contributed by atoms with Crippen molar-refractivity contribution in [2.24, 2.45) is 0 Å². The van der Waals surface area contributed by atoms with Crippen LogP contribution in [0.3, 0.4) is 0 Å². The first-order valence-electron chi connectivity index (χ1n) is 3.43. The second-order valence-corrected chi connectivity index (χ2v) is 4.88. The van der Waals surface area contributed by atoms with Crippen LogP contribution in [0.2, 0.25) is 0 Å². The molecule has 0 aromatic carbocycles. The minimum Gasteiger partial charge on any atom is -0.344 e. The Kier molecular flexibility index (Phi) is 8.57. The highest BCUT2D eigenvalue weighted by atomic mass is 31.2. The van der Waals surface area contributed by atoms with Gasteiger partial charge in [-0.25, -0.2) is 0 Å². The average Bonchev–Trinajstić information content (AvgIpc) is 1.64. The second-order valence-electron chi connectivity index (χ2n) is 2.29. The van der Waals surface area contributed by atoms with Gasteiger partial charge in [0.25, 0.3) is 0 Å². The van der Waals surface area contributed by atoms with Gasteiger partial charge in [0.1, 0.15) is 0 Å². The largest absolute Gasteiger partial charge is 0.344 e. The highest BCUT2D eigenvalue weighted by Crippen LogP contribution is 2.41. The lowest BCUT2D eigenvalue weighted by atomic mass is 10.6. The molecule has 0 radical (unpaired) electrons. The van der Waals surface area contributed by atoms with Crippen LogP contribution in [-0.2, 0) is 4.57 Å². The summed E-state index contributed by atoms with van der Waals surface area (Å²) in [5.41, 5.74) is 0. The lowest BCUT2D eigenvalue weighted by Gasteiger charge is -2.06. The summed E-state index contributed by atoms with van der Waals surface area (Å²) in [5, 5.41) is 0. The van der Waals surface area contributed by atoms with Gasteiger partial charge in [-0.05, 0) is 12.8 Å². The molecule has 62 valence electrons. The van der Waals surface area contributed by atoms with Gasteiger partial charge in [0.2, 0.25) is 7.37 Å². The van der Waals surface area contributed by atoms with Gasteiger partial charge in [0.15, 0.2) is 17.4 Å². The van der Waals surface area contributed by atoms with Gasteiger partial charge in [-0.15, -0.1) is 0 Å². The molecule has 4 heteroatoms. The zero-order chi connectivity index (χ0) is 7.33. The summed E-state index contributed by atoms with van der Waals surface area (Å²) in [6.07, 6.45) is 2.60. The summed E-state index contributed by atoms with van der Waals surface area (Å²) >= 11 is 0. The predicted molar refractivity (Wildman–Crippen MR) is 50.1 cm³/mol. The molecule has 0 fully saturated rings. The van der Waals surface area contributed by atoms with Crippen molar-refractivity contribution < 1.29 is 9.46 Å². The Balaban J connectivity index is 0. The van der Waals surface area contributed by atoms with E-state index in [0.29, 0.717) is 12.3 Å². The standard InChI is InChI=1S/C6H15O2P.Al.3H/c1-3-5-9(7,8)6-4-2;;;;/h3-6H2,1-2H3,(H,7,8);;;;. The topological polar surface area (TPSA) is 37.3 Å². The number of rotatable bonds is 4. The maximum absolute atomic E-state index is 11.0. The van der Waals surface area contributed by atoms with Crippen LogP contribution >= 0.6 is 7.37 Å². The van der Waals surface area contributed by atoms with Crippen LogP contribution in [0.5, 0.6) is 0 Å². The molecule has 0 aliphatic carbocycles. The first-order valence-corrected chi connectivity index (χ1v) is 5.46. The Hall–Kier alpha value is 0.722. The third-order valence-electron chi connectivity index (χ3n) is 1.15. The van der Waals surface area contributed by atoms with E-state index in [0.717, 1.165) is 12.8 Å². The van der Waals surface area contributed by atoms with Crippen LogP contribution < -0.4 is 0 Å². The van der Waals surface area contributed by atoms with E-state index in [1.54, 1.807) is 0 Å². The van der Waals surface area contributed by atoms with Crippen LogP contribution in [0.25, 0.3) is 0 Å². The predicted octanol–water partition coefficient (Wildman–Crippen LogP) is 0.893. The fraction of sp³-hybridized carbons (Fsp3) is 1.00. The highest BCUT2D eigenvalue weighted by Gasteiger charge is 2.13. The van der Waals surface area contributed by atoms with Gasteiger partial charge >= 0.3 is 0 Å². The Bertz CT molecular complexity index is 106. The van der Waals surface area contributed by atoms with E-state index in [1.807, 2.05) is 13.8 Å². The quantitative estimate of drug-likeness (QED) is 0.515. The highest BCUT2D eigenvalue weighted by molar-refractivity contribution is 7.57. The lowest BCUT2D eigenvalue weighted by molar-refractivity contribution is 0.476. The van der Waals surface area contributed by atoms with E-state index >= 15 is 0 Å². The average molecular weight is 180 g/mol. The lowest BCUT2D eigenvalue weighted by Crippen LogP contribution is -1.91. The summed E-state index contributed by atoms with van der Waals surface area (Å²) in [5.74, 6) is 0. The monoisotopic (exact) mass is 180 g/mol. The van der Waals surface area contributed by atoms with Crippen molar-refractivity contribution in [3.05, 3.63) is 0 Å². The van der Waals surface area contributed by atoms with Gasteiger partial charge in [-0.3, -0.25) is 4.57 Å². The van der Waals surface area contributed by atoms with Crippen molar-refractivity contribution in [3.8, 4) is 0 Å². The Morgan fingerprint density at radius 3 is 1.70 bits per heavy atom. The third kappa shape index (κ3) is 6.84. The fourth-order valence-electron chi connectivity index (χ4n) is 0.811. The molecule has 0 aliphatic rings. The van der Waals surface area contributed by atoms with Crippen LogP contribution in [-0.4, -0.2) is 34.6 Å². The first-order chi connectivity index (χ1) is 4.12. The van der Waals surface area contributed by atoms with Crippen molar-refractivity contribution in [2.45, 2.75) is 26.7 Å². The van der Waals surface area contributed by atoms with Crippen molar-refractivity contribution in [1.29, 1.82) is 0 Å². The van der Waals surface area contributed by atoms with Crippen molar-refractivity contribution in [2.75, 3.05) is 12.3 Å². The molecule has 0 aliphatic heterocycles. The molecule has 0 spiro atoms. The van der Waals surface area contributed by atoms with Crippen LogP contribution in [0.15, 0.2) is 0 Å². The Morgan fingerprint density at radius 1 is 1.20 bits per heavy atom. The van der Waals surface area contributed by atoms with Crippen LogP contribution in [0.1, 0.15) is 26.7 Å². The van der Waals surface area contributed by atoms with E-state index < -0.39 is 7.37 Å². The fourth-order valence-corrected chi connectivity index (χ4v) is 2.43. The molecule has 0 saturated carbocycles. The van der Waals surface area contributed by atoms with E-state index in [4.69, 9.17) is 4.89 Å². The van der Waals surface area contributed by atoms with Crippen molar-refractivity contribution >= 4 is 24.7 Å². The molecule has 0 heterocycles. The first kappa shape index (κ1) is 13.3. The van der Waals surface area contributed by atoms with Gasteiger partial charge in [-0.1, -0.05) is 13.8 Å². The van der Waals surface area contributed by atoms with E-state index in [2.05, 4.69) is 0 Å². The van der Waals surface area contributed by atoms with Gasteiger partial charge in [0.05, 0.1) is 0 Å². The van der Waals surface area contributed by atoms with Crippen LogP contribution in [0.4, 0.5) is 0 Å². The molecular weight excluding hydrogens is 162 g/mol. The molecule has 10 heavy (non-hydrogen) atoms. The third-order valence-corrected chi connectivity index (χ3v) is 3.44. The van der Waals surface area contributed by atoms with Crippen LogP contribution in [0, 0.1) is 0 Å². The molecule has 0 atom stereocenters. The molecule has 0 saturated heterocycles. The Morgan fingerprint density at radius 2 is 1.50 bits per heavy atom. The summed E-state index contributed by atoms with van der Waals surface area (Å²) in [6, 6.07) is 0.